The largest absolute Gasteiger partial charge is 0.484 e. The number of carbonyl (C=O) groups excluding carboxylic acids is 1. The number of nitrogens with zero attached hydrogens (tertiary/aromatic N) is 2. The van der Waals surface area contributed by atoms with Gasteiger partial charge in [0, 0.05) is 24.0 Å². The van der Waals surface area contributed by atoms with Crippen LogP contribution in [0.3, 0.4) is 0 Å². The summed E-state index contributed by atoms with van der Waals surface area (Å²) in [4.78, 5) is 20.8. The lowest BCUT2D eigenvalue weighted by atomic mass is 9.38. The normalized spacial score (nSPS) is 25.8. The molecule has 1 amide bonds. The Balaban J connectivity index is 1.25. The lowest BCUT2D eigenvalue weighted by Gasteiger charge is -2.70. The minimum Gasteiger partial charge on any atom is -0.484 e. The van der Waals surface area contributed by atoms with E-state index in [1.165, 1.54) is 18.2 Å². The van der Waals surface area contributed by atoms with Gasteiger partial charge in [-0.1, -0.05) is 11.6 Å². The molecular weight excluding hydrogens is 357 g/mol. The number of benzene rings is 1. The highest BCUT2D eigenvalue weighted by Gasteiger charge is 2.68. The molecule has 3 saturated carbocycles. The predicted octanol–water partition coefficient (Wildman–Crippen LogP) is 3.24. The van der Waals surface area contributed by atoms with Gasteiger partial charge in [0.15, 0.2) is 6.61 Å². The smallest absolute Gasteiger partial charge is 0.258 e. The first kappa shape index (κ1) is 17.2. The monoisotopic (exact) mass is 375 g/mol. The van der Waals surface area contributed by atoms with E-state index in [4.69, 9.17) is 16.3 Å². The molecule has 5 nitrogen and oxygen atoms in total. The van der Waals surface area contributed by atoms with Gasteiger partial charge in [-0.3, -0.25) is 14.8 Å². The number of hydrogen-bond donors (Lipinski definition) is 1. The minimum absolute atomic E-state index is 0.0271. The molecule has 136 valence electrons. The van der Waals surface area contributed by atoms with E-state index >= 15 is 0 Å². The number of carbonyl (C=O) groups is 1. The van der Waals surface area contributed by atoms with Crippen molar-refractivity contribution in [3.63, 3.8) is 0 Å². The van der Waals surface area contributed by atoms with Gasteiger partial charge in [-0.05, 0) is 50.2 Å². The topological polar surface area (TPSA) is 64.1 Å². The molecule has 3 fully saturated rings. The quantitative estimate of drug-likeness (QED) is 0.841. The molecule has 1 N–H and O–H groups in total. The molecule has 2 bridgehead atoms. The molecule has 0 atom stereocenters. The molecule has 0 unspecified atom stereocenters. The highest BCUT2D eigenvalue weighted by Crippen LogP contribution is 2.68. The Morgan fingerprint density at radius 3 is 2.81 bits per heavy atom. The Kier molecular flexibility index (Phi) is 4.10. The van der Waals surface area contributed by atoms with Crippen molar-refractivity contribution in [2.75, 3.05) is 6.61 Å². The van der Waals surface area contributed by atoms with E-state index in [9.17, 15) is 9.18 Å². The summed E-state index contributed by atoms with van der Waals surface area (Å²) in [6, 6.07) is 4.12. The maximum Gasteiger partial charge on any atom is 0.258 e. The second-order valence-corrected chi connectivity index (χ2v) is 7.96. The van der Waals surface area contributed by atoms with Gasteiger partial charge in [0.05, 0.1) is 16.4 Å². The lowest BCUT2D eigenvalue weighted by molar-refractivity contribution is -0.166. The van der Waals surface area contributed by atoms with Crippen molar-refractivity contribution in [1.29, 1.82) is 0 Å². The SMILES string of the molecule is Cc1cncc(CC23CC(NC(=O)COc4ccc(Cl)c(F)c4)(C2)C3)n1. The first-order chi connectivity index (χ1) is 12.4. The second kappa shape index (κ2) is 6.20. The van der Waals surface area contributed by atoms with E-state index in [0.717, 1.165) is 37.1 Å². The summed E-state index contributed by atoms with van der Waals surface area (Å²) in [5.74, 6) is -0.469. The van der Waals surface area contributed by atoms with E-state index < -0.39 is 5.82 Å². The van der Waals surface area contributed by atoms with Crippen LogP contribution in [0.15, 0.2) is 30.6 Å². The minimum atomic E-state index is -0.565. The third-order valence-electron chi connectivity index (χ3n) is 5.17. The van der Waals surface area contributed by atoms with Gasteiger partial charge in [0.1, 0.15) is 11.6 Å². The molecule has 0 saturated heterocycles. The van der Waals surface area contributed by atoms with Crippen LogP contribution < -0.4 is 10.1 Å². The van der Waals surface area contributed by atoms with E-state index in [1.54, 1.807) is 6.20 Å². The molecular formula is C19H19ClFN3O2. The van der Waals surface area contributed by atoms with Gasteiger partial charge < -0.3 is 10.1 Å². The first-order valence-electron chi connectivity index (χ1n) is 8.54. The zero-order valence-corrected chi connectivity index (χ0v) is 15.1. The Morgan fingerprint density at radius 1 is 1.35 bits per heavy atom. The highest BCUT2D eigenvalue weighted by atomic mass is 35.5. The summed E-state index contributed by atoms with van der Waals surface area (Å²) < 4.78 is 18.7. The molecule has 26 heavy (non-hydrogen) atoms. The summed E-state index contributed by atoms with van der Waals surface area (Å²) in [6.45, 7) is 1.80. The van der Waals surface area contributed by atoms with Crippen LogP contribution in [0.25, 0.3) is 0 Å². The van der Waals surface area contributed by atoms with Crippen LogP contribution in [-0.2, 0) is 11.2 Å². The van der Waals surface area contributed by atoms with E-state index in [-0.39, 0.29) is 34.2 Å². The molecule has 1 aromatic carbocycles. The van der Waals surface area contributed by atoms with Crippen LogP contribution in [0, 0.1) is 18.2 Å². The van der Waals surface area contributed by atoms with Crippen LogP contribution in [0.2, 0.25) is 5.02 Å². The molecule has 1 aromatic heterocycles. The Labute approximate surface area is 155 Å². The maximum atomic E-state index is 13.4. The van der Waals surface area contributed by atoms with Gasteiger partial charge in [0.2, 0.25) is 0 Å². The van der Waals surface area contributed by atoms with Crippen molar-refractivity contribution in [2.24, 2.45) is 5.41 Å². The van der Waals surface area contributed by atoms with Crippen LogP contribution in [0.5, 0.6) is 5.75 Å². The van der Waals surface area contributed by atoms with Gasteiger partial charge in [0.25, 0.3) is 5.91 Å². The average molecular weight is 376 g/mol. The van der Waals surface area contributed by atoms with E-state index in [2.05, 4.69) is 15.3 Å². The van der Waals surface area contributed by atoms with Gasteiger partial charge in [-0.15, -0.1) is 0 Å². The van der Waals surface area contributed by atoms with Crippen molar-refractivity contribution >= 4 is 17.5 Å². The van der Waals surface area contributed by atoms with E-state index in [1.807, 2.05) is 13.1 Å². The molecule has 1 heterocycles. The Morgan fingerprint density at radius 2 is 2.12 bits per heavy atom. The average Bonchev–Trinajstić information content (AvgIpc) is 2.53. The first-order valence-corrected chi connectivity index (χ1v) is 8.91. The van der Waals surface area contributed by atoms with Crippen LogP contribution in [-0.4, -0.2) is 28.0 Å². The molecule has 0 aliphatic heterocycles. The molecule has 2 aromatic rings. The van der Waals surface area contributed by atoms with Gasteiger partial charge >= 0.3 is 0 Å². The zero-order chi connectivity index (χ0) is 18.4. The fourth-order valence-electron chi connectivity index (χ4n) is 4.35. The number of halogens is 2. The zero-order valence-electron chi connectivity index (χ0n) is 14.4. The number of rotatable bonds is 6. The second-order valence-electron chi connectivity index (χ2n) is 7.55. The van der Waals surface area contributed by atoms with Crippen molar-refractivity contribution in [1.82, 2.24) is 15.3 Å². The Hall–Kier alpha value is -2.21. The molecule has 0 spiro atoms. The molecule has 7 heteroatoms. The molecule has 5 rings (SSSR count). The van der Waals surface area contributed by atoms with Gasteiger partial charge in [-0.25, -0.2) is 4.39 Å². The third kappa shape index (κ3) is 3.26. The summed E-state index contributed by atoms with van der Waals surface area (Å²) >= 11 is 5.62. The third-order valence-corrected chi connectivity index (χ3v) is 5.47. The Bertz CT molecular complexity index is 854. The van der Waals surface area contributed by atoms with Crippen molar-refractivity contribution in [3.05, 3.63) is 52.8 Å². The standard InChI is InChI=1S/C19H19ClFN3O2/c1-12-6-22-7-13(23-12)5-18-9-19(10-18,11-18)24-17(25)8-26-14-2-3-15(20)16(21)4-14/h2-4,6-7H,5,8-11H2,1H3,(H,24,25). The number of aryl methyl sites for hydroxylation is 1. The van der Waals surface area contributed by atoms with Crippen molar-refractivity contribution < 1.29 is 13.9 Å². The summed E-state index contributed by atoms with van der Waals surface area (Å²) in [5.41, 5.74) is 2.07. The molecule has 3 aliphatic carbocycles. The van der Waals surface area contributed by atoms with Crippen LogP contribution >= 0.6 is 11.6 Å². The summed E-state index contributed by atoms with van der Waals surface area (Å²) in [6.07, 6.45) is 7.34. The van der Waals surface area contributed by atoms with Crippen molar-refractivity contribution in [3.8, 4) is 5.75 Å². The van der Waals surface area contributed by atoms with Crippen molar-refractivity contribution in [2.45, 2.75) is 38.1 Å². The number of hydrogen-bond acceptors (Lipinski definition) is 4. The van der Waals surface area contributed by atoms with E-state index in [0.29, 0.717) is 0 Å². The predicted molar refractivity (Wildman–Crippen MR) is 94.5 cm³/mol. The van der Waals surface area contributed by atoms with Gasteiger partial charge in [-0.2, -0.15) is 0 Å². The summed E-state index contributed by atoms with van der Waals surface area (Å²) in [7, 11) is 0. The number of aromatic nitrogens is 2. The summed E-state index contributed by atoms with van der Waals surface area (Å²) in [5, 5.41) is 3.08. The lowest BCUT2D eigenvalue weighted by Crippen LogP contribution is -2.75. The van der Waals surface area contributed by atoms with Crippen LogP contribution in [0.4, 0.5) is 4.39 Å². The number of nitrogens with one attached hydrogen (secondary N) is 1. The molecule has 0 radical (unpaired) electrons. The maximum absolute atomic E-state index is 13.4. The highest BCUT2D eigenvalue weighted by molar-refractivity contribution is 6.30. The van der Waals surface area contributed by atoms with Crippen LogP contribution in [0.1, 0.15) is 30.7 Å². The number of amides is 1. The fraction of sp³-hybridized carbons (Fsp3) is 0.421. The number of ether oxygens (including phenoxy) is 1. The molecule has 3 aliphatic rings. The fourth-order valence-corrected chi connectivity index (χ4v) is 4.47.